The molecule has 0 aliphatic heterocycles. The summed E-state index contributed by atoms with van der Waals surface area (Å²) in [5.74, 6) is 3.98. The molecule has 1 nitrogen and oxygen atoms in total. The molecule has 4 unspecified atom stereocenters. The molecule has 0 spiro atoms. The van der Waals surface area contributed by atoms with E-state index in [9.17, 15) is 5.11 Å². The smallest absolute Gasteiger partial charge is 0.0594 e. The van der Waals surface area contributed by atoms with Gasteiger partial charge in [-0.05, 0) is 128 Å². The van der Waals surface area contributed by atoms with Crippen LogP contribution in [0.15, 0.2) is 12.2 Å². The number of allylic oxidation sites excluding steroid dienone is 1. The van der Waals surface area contributed by atoms with E-state index < -0.39 is 0 Å². The molecule has 5 aliphatic rings. The topological polar surface area (TPSA) is 20.2 Å². The van der Waals surface area contributed by atoms with Gasteiger partial charge in [-0.25, -0.2) is 0 Å². The minimum Gasteiger partial charge on any atom is -0.393 e. The minimum absolute atomic E-state index is 0.0632. The third-order valence-electron chi connectivity index (χ3n) is 13.5. The van der Waals surface area contributed by atoms with Crippen molar-refractivity contribution in [2.75, 3.05) is 0 Å². The van der Waals surface area contributed by atoms with Crippen LogP contribution in [0.2, 0.25) is 0 Å². The van der Waals surface area contributed by atoms with Crippen molar-refractivity contribution in [3.63, 3.8) is 0 Å². The summed E-state index contributed by atoms with van der Waals surface area (Å²) in [7, 11) is 0. The zero-order valence-electron chi connectivity index (χ0n) is 21.7. The average Bonchev–Trinajstić information content (AvgIpc) is 3.04. The molecule has 5 saturated carbocycles. The molecule has 5 fully saturated rings. The van der Waals surface area contributed by atoms with Gasteiger partial charge in [-0.1, -0.05) is 53.7 Å². The molecule has 0 heterocycles. The lowest BCUT2D eigenvalue weighted by molar-refractivity contribution is -0.246. The van der Waals surface area contributed by atoms with Crippen molar-refractivity contribution in [3.05, 3.63) is 12.2 Å². The van der Waals surface area contributed by atoms with Crippen molar-refractivity contribution in [2.45, 2.75) is 119 Å². The summed E-state index contributed by atoms with van der Waals surface area (Å²) in [5.41, 5.74) is 3.38. The van der Waals surface area contributed by atoms with Crippen LogP contribution in [0.3, 0.4) is 0 Å². The van der Waals surface area contributed by atoms with Gasteiger partial charge in [-0.2, -0.15) is 0 Å². The molecule has 10 atom stereocenters. The van der Waals surface area contributed by atoms with Crippen molar-refractivity contribution in [1.29, 1.82) is 0 Å². The Kier molecular flexibility index (Phi) is 4.82. The van der Waals surface area contributed by atoms with Crippen molar-refractivity contribution in [1.82, 2.24) is 0 Å². The van der Waals surface area contributed by atoms with Gasteiger partial charge in [0.25, 0.3) is 0 Å². The Balaban J connectivity index is 1.54. The molecule has 5 rings (SSSR count). The fraction of sp³-hybridized carbons (Fsp3) is 0.933. The molecule has 1 N–H and O–H groups in total. The fourth-order valence-electron chi connectivity index (χ4n) is 11.5. The van der Waals surface area contributed by atoms with Crippen LogP contribution in [-0.4, -0.2) is 11.2 Å². The van der Waals surface area contributed by atoms with Crippen molar-refractivity contribution in [3.8, 4) is 0 Å². The highest BCUT2D eigenvalue weighted by Crippen LogP contribution is 2.77. The highest BCUT2D eigenvalue weighted by atomic mass is 16.3. The predicted octanol–water partition coefficient (Wildman–Crippen LogP) is 8.02. The molecular weight excluding hydrogens is 376 g/mol. The second kappa shape index (κ2) is 6.64. The van der Waals surface area contributed by atoms with Crippen LogP contribution < -0.4 is 0 Å². The number of rotatable bonds is 1. The summed E-state index contributed by atoms with van der Waals surface area (Å²) in [6.45, 7) is 22.3. The van der Waals surface area contributed by atoms with Gasteiger partial charge in [0.2, 0.25) is 0 Å². The van der Waals surface area contributed by atoms with Crippen molar-refractivity contribution >= 4 is 0 Å². The fourth-order valence-corrected chi connectivity index (χ4v) is 11.5. The molecule has 0 aromatic heterocycles. The van der Waals surface area contributed by atoms with Gasteiger partial charge in [0, 0.05) is 0 Å². The van der Waals surface area contributed by atoms with E-state index in [1.165, 1.54) is 63.4 Å². The van der Waals surface area contributed by atoms with Crippen LogP contribution in [0, 0.1) is 56.7 Å². The first-order chi connectivity index (χ1) is 14.3. The highest BCUT2D eigenvalue weighted by Gasteiger charge is 2.70. The molecule has 176 valence electrons. The number of aliphatic hydroxyl groups is 1. The van der Waals surface area contributed by atoms with E-state index in [2.05, 4.69) is 55.0 Å². The first-order valence-corrected chi connectivity index (χ1v) is 13.6. The standard InChI is InChI=1S/C30H50O/c1-19(2)20-11-14-27(5)17-18-29(7)21(25(20)27)9-10-23-28(6)15-13-24(31)26(3,4)22(28)12-16-30(23,29)8/h20-25,31H,1,9-18H2,2-8H3/t20-,21?,22?,23?,24-,25?,27+,28-,29-,30+/m0/s1. The van der Waals surface area contributed by atoms with E-state index in [1.807, 2.05) is 0 Å². The highest BCUT2D eigenvalue weighted by molar-refractivity contribution is 5.21. The van der Waals surface area contributed by atoms with Crippen LogP contribution in [0.4, 0.5) is 0 Å². The van der Waals surface area contributed by atoms with Crippen LogP contribution in [0.25, 0.3) is 0 Å². The molecule has 0 amide bonds. The third-order valence-corrected chi connectivity index (χ3v) is 13.5. The Morgan fingerprint density at radius 1 is 0.742 bits per heavy atom. The second-order valence-corrected chi connectivity index (χ2v) is 14.7. The quantitative estimate of drug-likeness (QED) is 0.421. The Bertz CT molecular complexity index is 766. The Morgan fingerprint density at radius 2 is 1.45 bits per heavy atom. The zero-order valence-corrected chi connectivity index (χ0v) is 21.7. The number of hydrogen-bond acceptors (Lipinski definition) is 1. The van der Waals surface area contributed by atoms with Gasteiger partial charge in [-0.3, -0.25) is 0 Å². The summed E-state index contributed by atoms with van der Waals surface area (Å²) < 4.78 is 0. The number of fused-ring (bicyclic) bond motifs is 7. The zero-order chi connectivity index (χ0) is 22.6. The maximum atomic E-state index is 10.9. The number of hydrogen-bond donors (Lipinski definition) is 1. The molecule has 5 aliphatic carbocycles. The van der Waals surface area contributed by atoms with Crippen LogP contribution in [-0.2, 0) is 0 Å². The first-order valence-electron chi connectivity index (χ1n) is 13.6. The second-order valence-electron chi connectivity index (χ2n) is 14.7. The Hall–Kier alpha value is -0.300. The Morgan fingerprint density at radius 3 is 2.13 bits per heavy atom. The predicted molar refractivity (Wildman–Crippen MR) is 131 cm³/mol. The SMILES string of the molecule is C=C(C)[C@@H]1CC[C@]2(C)CC[C@@]3(C)C(CCC4[C@@]5(C)CC[C@H](O)C(C)(C)C5CC[C@]43C)C12. The van der Waals surface area contributed by atoms with E-state index in [0.29, 0.717) is 27.6 Å². The minimum atomic E-state index is -0.118. The maximum Gasteiger partial charge on any atom is 0.0594 e. The van der Waals surface area contributed by atoms with Gasteiger partial charge >= 0.3 is 0 Å². The van der Waals surface area contributed by atoms with Gasteiger partial charge in [0.1, 0.15) is 0 Å². The first kappa shape index (κ1) is 22.5. The molecule has 0 radical (unpaired) electrons. The summed E-state index contributed by atoms with van der Waals surface area (Å²) >= 11 is 0. The Labute approximate surface area is 192 Å². The van der Waals surface area contributed by atoms with Crippen molar-refractivity contribution in [2.24, 2.45) is 56.7 Å². The normalized spacial score (nSPS) is 57.9. The molecule has 1 heteroatoms. The molecule has 0 saturated heterocycles. The molecule has 0 aromatic rings. The number of aliphatic hydroxyl groups excluding tert-OH is 1. The monoisotopic (exact) mass is 426 g/mol. The lowest BCUT2D eigenvalue weighted by Gasteiger charge is -2.73. The summed E-state index contributed by atoms with van der Waals surface area (Å²) in [5, 5.41) is 10.9. The van der Waals surface area contributed by atoms with E-state index in [0.717, 1.165) is 30.1 Å². The molecular formula is C30H50O. The molecule has 0 bridgehead atoms. The van der Waals surface area contributed by atoms with Gasteiger partial charge in [-0.15, -0.1) is 0 Å². The summed E-state index contributed by atoms with van der Waals surface area (Å²) in [6, 6.07) is 0. The van der Waals surface area contributed by atoms with Gasteiger partial charge < -0.3 is 5.11 Å². The lowest BCUT2D eigenvalue weighted by atomic mass is 9.32. The lowest BCUT2D eigenvalue weighted by Crippen LogP contribution is -2.66. The van der Waals surface area contributed by atoms with E-state index in [1.54, 1.807) is 0 Å². The summed E-state index contributed by atoms with van der Waals surface area (Å²) in [6.07, 6.45) is 13.4. The maximum absolute atomic E-state index is 10.9. The van der Waals surface area contributed by atoms with Crippen LogP contribution in [0.5, 0.6) is 0 Å². The van der Waals surface area contributed by atoms with Gasteiger partial charge in [0.15, 0.2) is 0 Å². The summed E-state index contributed by atoms with van der Waals surface area (Å²) in [4.78, 5) is 0. The van der Waals surface area contributed by atoms with E-state index in [-0.39, 0.29) is 11.5 Å². The molecule has 0 aromatic carbocycles. The largest absolute Gasteiger partial charge is 0.393 e. The average molecular weight is 427 g/mol. The van der Waals surface area contributed by atoms with E-state index in [4.69, 9.17) is 0 Å². The van der Waals surface area contributed by atoms with Crippen molar-refractivity contribution < 1.29 is 5.11 Å². The third kappa shape index (κ3) is 2.65. The molecule has 31 heavy (non-hydrogen) atoms. The van der Waals surface area contributed by atoms with Crippen LogP contribution >= 0.6 is 0 Å². The van der Waals surface area contributed by atoms with E-state index >= 15 is 0 Å². The van der Waals surface area contributed by atoms with Gasteiger partial charge in [0.05, 0.1) is 6.10 Å². The van der Waals surface area contributed by atoms with Crippen LogP contribution in [0.1, 0.15) is 113 Å².